The van der Waals surface area contributed by atoms with Crippen LogP contribution in [0.15, 0.2) is 84.8 Å². The largest absolute Gasteiger partial charge is 0.506 e. The Morgan fingerprint density at radius 3 is 1.90 bits per heavy atom. The topological polar surface area (TPSA) is 262 Å². The fraction of sp³-hybridized carbons (Fsp3) is 0.0417. The minimum atomic E-state index is -5.07. The third kappa shape index (κ3) is 6.53. The van der Waals surface area contributed by atoms with Crippen molar-refractivity contribution in [3.05, 3.63) is 65.7 Å². The summed E-state index contributed by atoms with van der Waals surface area (Å²) in [7, 11) is -10.1. The third-order valence-electron chi connectivity index (χ3n) is 5.72. The summed E-state index contributed by atoms with van der Waals surface area (Å²) in [5, 5.41) is 45.0. The smallest absolute Gasteiger partial charge is 0.335 e. The third-order valence-corrected chi connectivity index (χ3v) is 7.51. The quantitative estimate of drug-likeness (QED) is 0.0652. The van der Waals surface area contributed by atoms with Gasteiger partial charge in [0.1, 0.15) is 26.9 Å². The maximum Gasteiger partial charge on any atom is 0.335 e. The first-order valence-electron chi connectivity index (χ1n) is 11.1. The number of fused-ring (bicyclic) bond motifs is 1. The molecule has 0 aliphatic rings. The summed E-state index contributed by atoms with van der Waals surface area (Å²) in [5.74, 6) is -2.31. The van der Waals surface area contributed by atoms with E-state index in [1.807, 2.05) is 0 Å². The number of aromatic carboxylic acids is 1. The number of phenols is 2. The number of carboxylic acid groups (broad SMARTS) is 1. The van der Waals surface area contributed by atoms with Crippen molar-refractivity contribution in [2.75, 3.05) is 5.73 Å². The van der Waals surface area contributed by atoms with Gasteiger partial charge >= 0.3 is 5.97 Å². The molecule has 15 nitrogen and oxygen atoms in total. The number of aryl methyl sites for hydroxylation is 1. The Kier molecular flexibility index (Phi) is 9.00. The first-order valence-corrected chi connectivity index (χ1v) is 14.0. The van der Waals surface area contributed by atoms with Crippen LogP contribution in [0.1, 0.15) is 15.9 Å². The zero-order valence-electron chi connectivity index (χ0n) is 21.0. The van der Waals surface area contributed by atoms with E-state index in [2.05, 4.69) is 20.5 Å². The average molecular weight is 660 g/mol. The van der Waals surface area contributed by atoms with Crippen LogP contribution in [0, 0.1) is 6.92 Å². The molecule has 0 heterocycles. The number of carbonyl (C=O) groups is 1. The van der Waals surface area contributed by atoms with Crippen molar-refractivity contribution >= 4 is 65.4 Å². The van der Waals surface area contributed by atoms with Crippen molar-refractivity contribution in [1.29, 1.82) is 0 Å². The molecule has 0 aliphatic carbocycles. The van der Waals surface area contributed by atoms with Gasteiger partial charge in [0.25, 0.3) is 20.2 Å². The molecule has 0 amide bonds. The molecule has 0 atom stereocenters. The number of phenolic OH excluding ortho intramolecular Hbond substituents is 2. The Labute approximate surface area is 247 Å². The molecule has 0 bridgehead atoms. The van der Waals surface area contributed by atoms with Crippen LogP contribution in [-0.2, 0) is 36.7 Å². The van der Waals surface area contributed by atoms with E-state index in [4.69, 9.17) is 10.8 Å². The van der Waals surface area contributed by atoms with Gasteiger partial charge in [-0.2, -0.15) is 27.1 Å². The molecule has 0 aromatic heterocycles. The first kappa shape index (κ1) is 32.0. The summed E-state index contributed by atoms with van der Waals surface area (Å²) in [6.07, 6.45) is 0. The second-order valence-corrected chi connectivity index (χ2v) is 11.3. The Balaban J connectivity index is 0.00000484. The van der Waals surface area contributed by atoms with Gasteiger partial charge in [-0.1, -0.05) is 6.07 Å². The molecule has 4 rings (SSSR count). The summed E-state index contributed by atoms with van der Waals surface area (Å²) in [4.78, 5) is 8.95. The number of nitrogen functional groups attached to an aromatic ring is 1. The summed E-state index contributed by atoms with van der Waals surface area (Å²) < 4.78 is 66.3. The number of benzene rings is 4. The minimum Gasteiger partial charge on any atom is -0.506 e. The number of hydrogen-bond acceptors (Lipinski definition) is 12. The van der Waals surface area contributed by atoms with Crippen LogP contribution in [0.5, 0.6) is 11.5 Å². The average Bonchev–Trinajstić information content (AvgIpc) is 2.87. The van der Waals surface area contributed by atoms with Gasteiger partial charge in [0.05, 0.1) is 28.0 Å². The number of rotatable bonds is 7. The number of nitrogens with zero attached hydrogens (tertiary/aromatic N) is 4. The minimum absolute atomic E-state index is 0. The van der Waals surface area contributed by atoms with Crippen molar-refractivity contribution in [3.8, 4) is 11.5 Å². The van der Waals surface area contributed by atoms with E-state index in [0.29, 0.717) is 17.3 Å². The molecule has 18 heteroatoms. The molecule has 4 aromatic rings. The molecule has 4 aromatic carbocycles. The van der Waals surface area contributed by atoms with E-state index in [0.717, 1.165) is 12.1 Å². The van der Waals surface area contributed by atoms with Crippen molar-refractivity contribution in [2.45, 2.75) is 16.7 Å². The summed E-state index contributed by atoms with van der Waals surface area (Å²) in [6, 6.07) is 10.9. The Hall–Kier alpha value is -4.48. The number of anilines is 1. The molecule has 0 spiro atoms. The van der Waals surface area contributed by atoms with Gasteiger partial charge in [0.2, 0.25) is 0 Å². The molecule has 222 valence electrons. The maximum absolute atomic E-state index is 11.9. The van der Waals surface area contributed by atoms with Crippen LogP contribution in [0.4, 0.5) is 28.4 Å². The van der Waals surface area contributed by atoms with Crippen LogP contribution in [0.3, 0.4) is 0 Å². The number of hydrogen-bond donors (Lipinski definition) is 6. The summed E-state index contributed by atoms with van der Waals surface area (Å²) in [6.45, 7) is 1.63. The number of aromatic hydroxyl groups is 2. The van der Waals surface area contributed by atoms with E-state index in [1.165, 1.54) is 36.4 Å². The summed E-state index contributed by atoms with van der Waals surface area (Å²) in [5.41, 5.74) is 5.87. The maximum atomic E-state index is 11.9. The number of nitrogens with two attached hydrogens (primary N) is 1. The van der Waals surface area contributed by atoms with Gasteiger partial charge in [-0.25, -0.2) is 4.79 Å². The standard InChI is InChI=1S/C24H19N5O10S2.Ni/c1-11-8-17(18(30)9-16(11)28-26-13-4-2-12(3-5-13)24(32)33)29-27-15-7-6-14-19(40(34,35)36)10-20(41(37,38)39)22(25)21(14)23(15)31;/h2-10,30-31H,25H2,1H3,(H,32,33)(H,34,35,36)(H,37,38,39);. The van der Waals surface area contributed by atoms with E-state index < -0.39 is 58.6 Å². The van der Waals surface area contributed by atoms with E-state index in [1.54, 1.807) is 6.92 Å². The van der Waals surface area contributed by atoms with Crippen LogP contribution in [0.2, 0.25) is 0 Å². The van der Waals surface area contributed by atoms with Crippen molar-refractivity contribution in [2.24, 2.45) is 20.5 Å². The predicted molar refractivity (Wildman–Crippen MR) is 144 cm³/mol. The fourth-order valence-corrected chi connectivity index (χ4v) is 5.15. The van der Waals surface area contributed by atoms with Gasteiger partial charge in [-0.05, 0) is 55.0 Å². The zero-order valence-corrected chi connectivity index (χ0v) is 23.6. The molecule has 0 fully saturated rings. The van der Waals surface area contributed by atoms with Gasteiger partial charge in [0.15, 0.2) is 5.75 Å². The van der Waals surface area contributed by atoms with Crippen molar-refractivity contribution < 1.29 is 62.5 Å². The normalized spacial score (nSPS) is 12.2. The molecule has 42 heavy (non-hydrogen) atoms. The zero-order chi connectivity index (χ0) is 30.3. The van der Waals surface area contributed by atoms with Crippen LogP contribution < -0.4 is 5.73 Å². The second kappa shape index (κ2) is 11.8. The first-order chi connectivity index (χ1) is 19.1. The van der Waals surface area contributed by atoms with E-state index in [9.17, 15) is 40.9 Å². The molecule has 0 unspecified atom stereocenters. The van der Waals surface area contributed by atoms with Gasteiger partial charge < -0.3 is 21.1 Å². The molecule has 7 N–H and O–H groups in total. The molecule has 0 saturated carbocycles. The van der Waals surface area contributed by atoms with Gasteiger partial charge in [-0.3, -0.25) is 9.11 Å². The van der Waals surface area contributed by atoms with Crippen LogP contribution >= 0.6 is 0 Å². The number of carboxylic acids is 1. The SMILES string of the molecule is Cc1cc(N=Nc2ccc3c(S(=O)(=O)O)cc(S(=O)(=O)O)c(N)c3c2O)c(O)cc1N=Nc1ccc(C(=O)O)cc1.[Ni]. The van der Waals surface area contributed by atoms with Crippen LogP contribution in [0.25, 0.3) is 10.8 Å². The molecular formula is C24H19N5NiO10S2. The molecular weight excluding hydrogens is 641 g/mol. The second-order valence-electron chi connectivity index (χ2n) is 8.47. The summed E-state index contributed by atoms with van der Waals surface area (Å²) >= 11 is 0. The van der Waals surface area contributed by atoms with Gasteiger partial charge in [0, 0.05) is 27.9 Å². The van der Waals surface area contributed by atoms with Crippen molar-refractivity contribution in [3.63, 3.8) is 0 Å². The Morgan fingerprint density at radius 2 is 1.33 bits per heavy atom. The molecule has 0 aliphatic heterocycles. The molecule has 0 saturated heterocycles. The van der Waals surface area contributed by atoms with Crippen LogP contribution in [-0.4, -0.2) is 47.2 Å². The molecule has 0 radical (unpaired) electrons. The number of azo groups is 2. The monoisotopic (exact) mass is 659 g/mol. The predicted octanol–water partition coefficient (Wildman–Crippen LogP) is 5.16. The van der Waals surface area contributed by atoms with Gasteiger partial charge in [-0.15, -0.1) is 10.2 Å². The van der Waals surface area contributed by atoms with E-state index >= 15 is 0 Å². The Bertz CT molecular complexity index is 2010. The Morgan fingerprint density at radius 1 is 0.762 bits per heavy atom. The fourth-order valence-electron chi connectivity index (χ4n) is 3.71. The van der Waals surface area contributed by atoms with E-state index in [-0.39, 0.29) is 44.5 Å². The van der Waals surface area contributed by atoms with Crippen molar-refractivity contribution in [1.82, 2.24) is 0 Å².